The molecule has 0 aliphatic carbocycles. The molecule has 0 spiro atoms. The number of hydrogen-bond acceptors (Lipinski definition) is 2. The van der Waals surface area contributed by atoms with Crippen LogP contribution in [0.15, 0.2) is 24.4 Å². The van der Waals surface area contributed by atoms with Crippen LogP contribution in [-0.2, 0) is 0 Å². The molecule has 3 rings (SSSR count). The SMILES string of the molecule is Fc1ccc(-n2cc3[nH][c]nc3n2)c(F)c1. The molecule has 79 valence electrons. The minimum absolute atomic E-state index is 0.174. The normalized spacial score (nSPS) is 11.1. The Hall–Kier alpha value is -2.24. The lowest BCUT2D eigenvalue weighted by molar-refractivity contribution is 0.574. The molecule has 3 aromatic rings. The van der Waals surface area contributed by atoms with Crippen LogP contribution in [0.25, 0.3) is 16.9 Å². The molecule has 0 aliphatic rings. The van der Waals surface area contributed by atoms with Crippen LogP contribution in [0.5, 0.6) is 0 Å². The highest BCUT2D eigenvalue weighted by Gasteiger charge is 2.09. The molecule has 16 heavy (non-hydrogen) atoms. The predicted molar refractivity (Wildman–Crippen MR) is 52.0 cm³/mol. The van der Waals surface area contributed by atoms with Gasteiger partial charge in [0.05, 0.1) is 6.20 Å². The van der Waals surface area contributed by atoms with Crippen molar-refractivity contribution in [1.29, 1.82) is 0 Å². The first-order valence-corrected chi connectivity index (χ1v) is 4.51. The second-order valence-electron chi connectivity index (χ2n) is 3.26. The van der Waals surface area contributed by atoms with Crippen molar-refractivity contribution in [2.45, 2.75) is 0 Å². The molecule has 1 aromatic carbocycles. The Morgan fingerprint density at radius 2 is 2.19 bits per heavy atom. The monoisotopic (exact) mass is 219 g/mol. The quantitative estimate of drug-likeness (QED) is 0.678. The summed E-state index contributed by atoms with van der Waals surface area (Å²) >= 11 is 0. The van der Waals surface area contributed by atoms with Gasteiger partial charge in [-0.25, -0.2) is 18.4 Å². The van der Waals surface area contributed by atoms with Gasteiger partial charge in [-0.15, -0.1) is 5.10 Å². The van der Waals surface area contributed by atoms with E-state index in [2.05, 4.69) is 21.4 Å². The summed E-state index contributed by atoms with van der Waals surface area (Å²) in [5.74, 6) is -1.29. The number of rotatable bonds is 1. The van der Waals surface area contributed by atoms with E-state index in [1.807, 2.05) is 0 Å². The standard InChI is InChI=1S/C10H5F2N4/c11-6-1-2-9(7(12)3-6)16-4-8-10(15-16)14-5-13-8/h1-4H,(H,13,14,15). The molecule has 1 radical (unpaired) electrons. The summed E-state index contributed by atoms with van der Waals surface area (Å²) in [6, 6.07) is 3.30. The van der Waals surface area contributed by atoms with Crippen molar-refractivity contribution >= 4 is 11.2 Å². The average molecular weight is 219 g/mol. The second-order valence-corrected chi connectivity index (χ2v) is 3.26. The molecule has 1 N–H and O–H groups in total. The zero-order chi connectivity index (χ0) is 11.1. The Kier molecular flexibility index (Phi) is 1.76. The minimum atomic E-state index is -0.672. The summed E-state index contributed by atoms with van der Waals surface area (Å²) in [4.78, 5) is 6.53. The third-order valence-corrected chi connectivity index (χ3v) is 2.20. The Morgan fingerprint density at radius 1 is 1.31 bits per heavy atom. The van der Waals surface area contributed by atoms with E-state index in [0.717, 1.165) is 6.07 Å². The Labute approximate surface area is 88.5 Å². The number of aromatic amines is 1. The second kappa shape index (κ2) is 3.13. The molecule has 2 aromatic heterocycles. The number of benzene rings is 1. The first-order chi connectivity index (χ1) is 7.74. The molecule has 6 heteroatoms. The van der Waals surface area contributed by atoms with Crippen LogP contribution < -0.4 is 0 Å². The maximum Gasteiger partial charge on any atom is 0.200 e. The van der Waals surface area contributed by atoms with E-state index in [1.54, 1.807) is 6.20 Å². The molecule has 0 bridgehead atoms. The fraction of sp³-hybridized carbons (Fsp3) is 0. The van der Waals surface area contributed by atoms with Crippen molar-refractivity contribution in [3.63, 3.8) is 0 Å². The summed E-state index contributed by atoms with van der Waals surface area (Å²) in [7, 11) is 0. The van der Waals surface area contributed by atoms with E-state index in [9.17, 15) is 8.78 Å². The van der Waals surface area contributed by atoms with Crippen molar-refractivity contribution in [2.75, 3.05) is 0 Å². The minimum Gasteiger partial charge on any atom is -0.333 e. The van der Waals surface area contributed by atoms with E-state index >= 15 is 0 Å². The average Bonchev–Trinajstić information content (AvgIpc) is 2.76. The number of fused-ring (bicyclic) bond motifs is 1. The van der Waals surface area contributed by atoms with Crippen molar-refractivity contribution < 1.29 is 8.78 Å². The lowest BCUT2D eigenvalue weighted by Crippen LogP contribution is -1.98. The van der Waals surface area contributed by atoms with E-state index in [4.69, 9.17) is 0 Å². The molecular formula is C10H5F2N4. The third kappa shape index (κ3) is 1.27. The van der Waals surface area contributed by atoms with Crippen molar-refractivity contribution in [2.24, 2.45) is 0 Å². The van der Waals surface area contributed by atoms with Crippen LogP contribution >= 0.6 is 0 Å². The first-order valence-electron chi connectivity index (χ1n) is 4.51. The fourth-order valence-corrected chi connectivity index (χ4v) is 1.47. The van der Waals surface area contributed by atoms with Gasteiger partial charge in [-0.3, -0.25) is 0 Å². The maximum absolute atomic E-state index is 13.4. The highest BCUT2D eigenvalue weighted by atomic mass is 19.1. The van der Waals surface area contributed by atoms with Crippen molar-refractivity contribution in [3.8, 4) is 5.69 Å². The lowest BCUT2D eigenvalue weighted by atomic mass is 10.3. The van der Waals surface area contributed by atoms with Crippen LogP contribution in [0.4, 0.5) is 8.78 Å². The number of nitrogens with one attached hydrogen (secondary N) is 1. The first kappa shape index (κ1) is 9.02. The van der Waals surface area contributed by atoms with Gasteiger partial charge in [-0.05, 0) is 12.1 Å². The summed E-state index contributed by atoms with van der Waals surface area (Å²) < 4.78 is 27.4. The summed E-state index contributed by atoms with van der Waals surface area (Å²) in [6.45, 7) is 0. The molecule has 0 aliphatic heterocycles. The van der Waals surface area contributed by atoms with E-state index < -0.39 is 11.6 Å². The largest absolute Gasteiger partial charge is 0.333 e. The molecule has 0 amide bonds. The van der Waals surface area contributed by atoms with Crippen LogP contribution in [0.2, 0.25) is 0 Å². The van der Waals surface area contributed by atoms with Crippen molar-refractivity contribution in [3.05, 3.63) is 42.4 Å². The van der Waals surface area contributed by atoms with Gasteiger partial charge in [0.1, 0.15) is 17.0 Å². The van der Waals surface area contributed by atoms with Gasteiger partial charge >= 0.3 is 0 Å². The molecular weight excluding hydrogens is 214 g/mol. The number of imidazole rings is 1. The predicted octanol–water partition coefficient (Wildman–Crippen LogP) is 1.83. The molecule has 0 fully saturated rings. The van der Waals surface area contributed by atoms with Crippen LogP contribution in [-0.4, -0.2) is 19.7 Å². The number of halogens is 2. The van der Waals surface area contributed by atoms with Gasteiger partial charge < -0.3 is 4.98 Å². The van der Waals surface area contributed by atoms with Crippen LogP contribution in [0.1, 0.15) is 0 Å². The zero-order valence-corrected chi connectivity index (χ0v) is 7.91. The number of hydrogen-bond donors (Lipinski definition) is 1. The van der Waals surface area contributed by atoms with E-state index in [1.165, 1.54) is 16.8 Å². The Balaban J connectivity index is 2.19. The summed E-state index contributed by atoms with van der Waals surface area (Å²) in [5, 5.41) is 4.01. The highest BCUT2D eigenvalue weighted by molar-refractivity contribution is 5.69. The number of H-pyrrole nitrogens is 1. The fourth-order valence-electron chi connectivity index (χ4n) is 1.47. The van der Waals surface area contributed by atoms with Crippen molar-refractivity contribution in [1.82, 2.24) is 19.7 Å². The van der Waals surface area contributed by atoms with Crippen LogP contribution in [0, 0.1) is 18.0 Å². The zero-order valence-electron chi connectivity index (χ0n) is 7.91. The van der Waals surface area contributed by atoms with Gasteiger partial charge in [-0.2, -0.15) is 0 Å². The molecule has 2 heterocycles. The molecule has 4 nitrogen and oxygen atoms in total. The Bertz CT molecular complexity index is 627. The van der Waals surface area contributed by atoms with Gasteiger partial charge in [0.15, 0.2) is 17.8 Å². The van der Waals surface area contributed by atoms with Gasteiger partial charge in [-0.1, -0.05) is 0 Å². The third-order valence-electron chi connectivity index (χ3n) is 2.20. The van der Waals surface area contributed by atoms with Gasteiger partial charge in [0.25, 0.3) is 0 Å². The molecule has 0 atom stereocenters. The lowest BCUT2D eigenvalue weighted by Gasteiger charge is -2.01. The van der Waals surface area contributed by atoms with Gasteiger partial charge in [0, 0.05) is 6.07 Å². The van der Waals surface area contributed by atoms with E-state index in [0.29, 0.717) is 11.2 Å². The molecule has 0 saturated carbocycles. The van der Waals surface area contributed by atoms with Gasteiger partial charge in [0.2, 0.25) is 0 Å². The topological polar surface area (TPSA) is 46.5 Å². The summed E-state index contributed by atoms with van der Waals surface area (Å²) in [6.07, 6.45) is 4.08. The highest BCUT2D eigenvalue weighted by Crippen LogP contribution is 2.16. The number of nitrogens with zero attached hydrogens (tertiary/aromatic N) is 3. The van der Waals surface area contributed by atoms with Crippen LogP contribution in [0.3, 0.4) is 0 Å². The molecule has 0 saturated heterocycles. The Morgan fingerprint density at radius 3 is 2.94 bits per heavy atom. The smallest absolute Gasteiger partial charge is 0.200 e. The summed E-state index contributed by atoms with van der Waals surface area (Å²) in [5.41, 5.74) is 1.25. The maximum atomic E-state index is 13.4. The molecule has 0 unspecified atom stereocenters. The van der Waals surface area contributed by atoms with E-state index in [-0.39, 0.29) is 5.69 Å². The number of aromatic nitrogens is 4.